The molecule has 0 aliphatic carbocycles. The van der Waals surface area contributed by atoms with E-state index in [2.05, 4.69) is 5.32 Å². The Morgan fingerprint density at radius 1 is 1.15 bits per heavy atom. The molecule has 0 spiro atoms. The number of hydrogen-bond acceptors (Lipinski definition) is 5. The number of benzene rings is 2. The molecule has 0 bridgehead atoms. The summed E-state index contributed by atoms with van der Waals surface area (Å²) in [6, 6.07) is 12.9. The van der Waals surface area contributed by atoms with Gasteiger partial charge in [0.05, 0.1) is 20.8 Å². The maximum atomic E-state index is 12.0. The summed E-state index contributed by atoms with van der Waals surface area (Å²) < 4.78 is 21.9. The van der Waals surface area contributed by atoms with Crippen LogP contribution in [0.3, 0.4) is 0 Å². The zero-order valence-electron chi connectivity index (χ0n) is 14.7. The van der Waals surface area contributed by atoms with E-state index in [1.54, 1.807) is 32.4 Å². The smallest absolute Gasteiger partial charge is 0.244 e. The Bertz CT molecular complexity index is 803. The molecular weight excluding hydrogens is 334 g/mol. The van der Waals surface area contributed by atoms with Gasteiger partial charge in [0.1, 0.15) is 12.7 Å². The number of carbonyl (C=O) groups is 1. The quantitative estimate of drug-likeness (QED) is 0.807. The minimum atomic E-state index is -0.219. The van der Waals surface area contributed by atoms with Gasteiger partial charge in [-0.15, -0.1) is 0 Å². The van der Waals surface area contributed by atoms with Crippen molar-refractivity contribution < 1.29 is 23.7 Å². The van der Waals surface area contributed by atoms with Gasteiger partial charge in [-0.3, -0.25) is 4.79 Å². The summed E-state index contributed by atoms with van der Waals surface area (Å²) in [5, 5.41) is 2.82. The standard InChI is InChI=1S/C20H21NO5/c1-23-16-9-7-14(11-19(16)24-2)8-10-20(22)21-12-15-13-25-17-5-3-4-6-18(17)26-15/h3-11,15H,12-13H2,1-2H3,(H,21,22)/t15-/m0/s1. The molecule has 6 nitrogen and oxygen atoms in total. The van der Waals surface area contributed by atoms with Crippen LogP contribution in [0.5, 0.6) is 23.0 Å². The average molecular weight is 355 g/mol. The van der Waals surface area contributed by atoms with Crippen molar-refractivity contribution in [3.05, 3.63) is 54.1 Å². The van der Waals surface area contributed by atoms with Crippen molar-refractivity contribution in [2.75, 3.05) is 27.4 Å². The highest BCUT2D eigenvalue weighted by Crippen LogP contribution is 2.30. The van der Waals surface area contributed by atoms with Gasteiger partial charge in [-0.1, -0.05) is 18.2 Å². The molecule has 6 heteroatoms. The Morgan fingerprint density at radius 3 is 2.69 bits per heavy atom. The van der Waals surface area contributed by atoms with E-state index in [0.717, 1.165) is 11.3 Å². The van der Waals surface area contributed by atoms with Crippen LogP contribution in [0.15, 0.2) is 48.5 Å². The highest BCUT2D eigenvalue weighted by Gasteiger charge is 2.20. The number of ether oxygens (including phenoxy) is 4. The lowest BCUT2D eigenvalue weighted by Crippen LogP contribution is -2.40. The predicted octanol–water partition coefficient (Wildman–Crippen LogP) is 2.67. The summed E-state index contributed by atoms with van der Waals surface area (Å²) in [7, 11) is 3.15. The van der Waals surface area contributed by atoms with Gasteiger partial charge in [0.15, 0.2) is 23.0 Å². The van der Waals surface area contributed by atoms with Crippen LogP contribution in [0.1, 0.15) is 5.56 Å². The molecule has 0 fully saturated rings. The third-order valence-corrected chi connectivity index (χ3v) is 3.91. The molecule has 136 valence electrons. The van der Waals surface area contributed by atoms with Gasteiger partial charge in [0, 0.05) is 6.08 Å². The Morgan fingerprint density at radius 2 is 1.92 bits per heavy atom. The molecule has 0 aromatic heterocycles. The maximum absolute atomic E-state index is 12.0. The predicted molar refractivity (Wildman–Crippen MR) is 97.9 cm³/mol. The molecule has 1 aliphatic heterocycles. The number of nitrogens with one attached hydrogen (secondary N) is 1. The summed E-state index contributed by atoms with van der Waals surface area (Å²) in [5.74, 6) is 2.47. The number of hydrogen-bond donors (Lipinski definition) is 1. The van der Waals surface area contributed by atoms with Crippen molar-refractivity contribution in [3.63, 3.8) is 0 Å². The molecule has 26 heavy (non-hydrogen) atoms. The second-order valence-corrected chi connectivity index (χ2v) is 5.69. The highest BCUT2D eigenvalue weighted by atomic mass is 16.6. The number of para-hydroxylation sites is 2. The molecule has 1 aliphatic rings. The summed E-state index contributed by atoms with van der Waals surface area (Å²) in [5.41, 5.74) is 0.837. The second kappa shape index (κ2) is 8.29. The van der Waals surface area contributed by atoms with Crippen LogP contribution >= 0.6 is 0 Å². The van der Waals surface area contributed by atoms with E-state index in [0.29, 0.717) is 30.4 Å². The molecule has 0 saturated carbocycles. The third-order valence-electron chi connectivity index (χ3n) is 3.91. The summed E-state index contributed by atoms with van der Waals surface area (Å²) in [6.07, 6.45) is 2.97. The zero-order valence-corrected chi connectivity index (χ0v) is 14.7. The third kappa shape index (κ3) is 4.27. The fourth-order valence-electron chi connectivity index (χ4n) is 2.57. The Labute approximate surface area is 152 Å². The number of rotatable bonds is 6. The molecule has 2 aromatic carbocycles. The van der Waals surface area contributed by atoms with Crippen LogP contribution in [0, 0.1) is 0 Å². The second-order valence-electron chi connectivity index (χ2n) is 5.69. The molecule has 3 rings (SSSR count). The largest absolute Gasteiger partial charge is 0.493 e. The maximum Gasteiger partial charge on any atom is 0.244 e. The molecule has 1 atom stereocenters. The number of fused-ring (bicyclic) bond motifs is 1. The van der Waals surface area contributed by atoms with Crippen molar-refractivity contribution in [1.29, 1.82) is 0 Å². The van der Waals surface area contributed by atoms with Crippen molar-refractivity contribution >= 4 is 12.0 Å². The van der Waals surface area contributed by atoms with Crippen LogP contribution in [-0.2, 0) is 4.79 Å². The monoisotopic (exact) mass is 355 g/mol. The normalized spacial score (nSPS) is 15.5. The van der Waals surface area contributed by atoms with Gasteiger partial charge in [0.2, 0.25) is 5.91 Å². The van der Waals surface area contributed by atoms with Crippen molar-refractivity contribution in [2.24, 2.45) is 0 Å². The molecule has 2 aromatic rings. The Balaban J connectivity index is 1.52. The van der Waals surface area contributed by atoms with Gasteiger partial charge in [-0.25, -0.2) is 0 Å². The molecule has 0 unspecified atom stereocenters. The first-order valence-electron chi connectivity index (χ1n) is 8.26. The number of methoxy groups -OCH3 is 2. The average Bonchev–Trinajstić information content (AvgIpc) is 2.70. The van der Waals surface area contributed by atoms with E-state index < -0.39 is 0 Å². The van der Waals surface area contributed by atoms with Gasteiger partial charge >= 0.3 is 0 Å². The fraction of sp³-hybridized carbons (Fsp3) is 0.250. The topological polar surface area (TPSA) is 66.0 Å². The van der Waals surface area contributed by atoms with E-state index in [4.69, 9.17) is 18.9 Å². The van der Waals surface area contributed by atoms with E-state index in [-0.39, 0.29) is 12.0 Å². The fourth-order valence-corrected chi connectivity index (χ4v) is 2.57. The van der Waals surface area contributed by atoms with Crippen molar-refractivity contribution in [1.82, 2.24) is 5.32 Å². The summed E-state index contributed by atoms with van der Waals surface area (Å²) >= 11 is 0. The van der Waals surface area contributed by atoms with Crippen LogP contribution in [0.25, 0.3) is 6.08 Å². The molecule has 0 radical (unpaired) electrons. The molecule has 1 N–H and O–H groups in total. The van der Waals surface area contributed by atoms with Crippen LogP contribution < -0.4 is 24.3 Å². The SMILES string of the molecule is COc1ccc(C=CC(=O)NC[C@H]2COc3ccccc3O2)cc1OC. The number of carbonyl (C=O) groups excluding carboxylic acids is 1. The summed E-state index contributed by atoms with van der Waals surface area (Å²) in [6.45, 7) is 0.764. The van der Waals surface area contributed by atoms with E-state index in [1.807, 2.05) is 30.3 Å². The first kappa shape index (κ1) is 17.7. The molecule has 1 amide bonds. The highest BCUT2D eigenvalue weighted by molar-refractivity contribution is 5.91. The van der Waals surface area contributed by atoms with Crippen LogP contribution in [0.2, 0.25) is 0 Å². The summed E-state index contributed by atoms with van der Waals surface area (Å²) in [4.78, 5) is 12.0. The Kier molecular flexibility index (Phi) is 5.63. The van der Waals surface area contributed by atoms with Gasteiger partial charge in [0.25, 0.3) is 0 Å². The van der Waals surface area contributed by atoms with E-state index in [1.165, 1.54) is 6.08 Å². The minimum absolute atomic E-state index is 0.206. The number of amides is 1. The molecular formula is C20H21NO5. The first-order valence-corrected chi connectivity index (χ1v) is 8.26. The van der Waals surface area contributed by atoms with Gasteiger partial charge in [-0.05, 0) is 35.9 Å². The molecule has 0 saturated heterocycles. The lowest BCUT2D eigenvalue weighted by molar-refractivity contribution is -0.116. The van der Waals surface area contributed by atoms with Gasteiger partial charge < -0.3 is 24.3 Å². The van der Waals surface area contributed by atoms with Crippen molar-refractivity contribution in [2.45, 2.75) is 6.10 Å². The lowest BCUT2D eigenvalue weighted by Gasteiger charge is -2.26. The lowest BCUT2D eigenvalue weighted by atomic mass is 10.2. The first-order chi connectivity index (χ1) is 12.7. The van der Waals surface area contributed by atoms with Gasteiger partial charge in [-0.2, -0.15) is 0 Å². The minimum Gasteiger partial charge on any atom is -0.493 e. The van der Waals surface area contributed by atoms with Crippen LogP contribution in [0.4, 0.5) is 0 Å². The van der Waals surface area contributed by atoms with E-state index >= 15 is 0 Å². The zero-order chi connectivity index (χ0) is 18.4. The van der Waals surface area contributed by atoms with Crippen molar-refractivity contribution in [3.8, 4) is 23.0 Å². The Hall–Kier alpha value is -3.15. The van der Waals surface area contributed by atoms with Crippen LogP contribution in [-0.4, -0.2) is 39.4 Å². The van der Waals surface area contributed by atoms with E-state index in [9.17, 15) is 4.79 Å². The molecule has 1 heterocycles.